The van der Waals surface area contributed by atoms with E-state index in [0.29, 0.717) is 16.2 Å². The average Bonchev–Trinajstić information content (AvgIpc) is 3.06. The normalized spacial score (nSPS) is 10.8. The van der Waals surface area contributed by atoms with Gasteiger partial charge in [0.05, 0.1) is 10.4 Å². The van der Waals surface area contributed by atoms with E-state index in [1.165, 1.54) is 12.1 Å². The molecule has 0 spiro atoms. The number of carbonyl (C=O) groups is 1. The number of rotatable bonds is 6. The number of ether oxygens (including phenoxy) is 1. The molecule has 0 aliphatic carbocycles. The van der Waals surface area contributed by atoms with Crippen LogP contribution in [0.4, 0.5) is 8.78 Å². The summed E-state index contributed by atoms with van der Waals surface area (Å²) < 4.78 is 32.2. The van der Waals surface area contributed by atoms with E-state index in [1.807, 2.05) is 18.2 Å². The van der Waals surface area contributed by atoms with E-state index in [4.69, 9.17) is 9.84 Å². The summed E-state index contributed by atoms with van der Waals surface area (Å²) in [6.45, 7) is 0.142. The fraction of sp³-hybridized carbons (Fsp3) is 0.105. The third-order valence-corrected chi connectivity index (χ3v) is 4.69. The van der Waals surface area contributed by atoms with Crippen molar-refractivity contribution in [2.75, 3.05) is 0 Å². The molecule has 128 valence electrons. The second kappa shape index (κ2) is 7.44. The number of alkyl halides is 2. The van der Waals surface area contributed by atoms with Gasteiger partial charge in [-0.05, 0) is 35.9 Å². The van der Waals surface area contributed by atoms with Gasteiger partial charge in [0.25, 0.3) is 6.43 Å². The summed E-state index contributed by atoms with van der Waals surface area (Å²) in [5.41, 5.74) is 1.42. The molecular weight excluding hydrogens is 346 g/mol. The van der Waals surface area contributed by atoms with E-state index in [0.717, 1.165) is 16.9 Å². The van der Waals surface area contributed by atoms with Crippen LogP contribution in [-0.2, 0) is 6.61 Å². The van der Waals surface area contributed by atoms with Gasteiger partial charge in [-0.1, -0.05) is 30.3 Å². The number of benzene rings is 2. The van der Waals surface area contributed by atoms with Crippen molar-refractivity contribution in [1.29, 1.82) is 0 Å². The van der Waals surface area contributed by atoms with Crippen molar-refractivity contribution in [3.8, 4) is 16.9 Å². The van der Waals surface area contributed by atoms with Crippen molar-refractivity contribution in [3.05, 3.63) is 76.0 Å². The lowest BCUT2D eigenvalue weighted by Crippen LogP contribution is -1.97. The largest absolute Gasteiger partial charge is 0.488 e. The van der Waals surface area contributed by atoms with Crippen molar-refractivity contribution in [3.63, 3.8) is 0 Å². The van der Waals surface area contributed by atoms with Crippen LogP contribution in [0, 0.1) is 0 Å². The molecule has 0 unspecified atom stereocenters. The second-order valence-corrected chi connectivity index (χ2v) is 6.44. The van der Waals surface area contributed by atoms with Crippen LogP contribution in [-0.4, -0.2) is 11.1 Å². The van der Waals surface area contributed by atoms with Gasteiger partial charge in [-0.15, -0.1) is 11.3 Å². The van der Waals surface area contributed by atoms with E-state index in [2.05, 4.69) is 0 Å². The molecule has 0 saturated heterocycles. The maximum absolute atomic E-state index is 13.3. The SMILES string of the molecule is O=C(O)c1ccc(OCc2cc(-c3ccccc3)c(C(F)F)s2)cc1. The number of hydrogen-bond acceptors (Lipinski definition) is 3. The van der Waals surface area contributed by atoms with Crippen LogP contribution in [0.15, 0.2) is 60.7 Å². The predicted molar refractivity (Wildman–Crippen MR) is 92.4 cm³/mol. The van der Waals surface area contributed by atoms with Gasteiger partial charge in [-0.2, -0.15) is 0 Å². The molecule has 3 rings (SSSR count). The highest BCUT2D eigenvalue weighted by Crippen LogP contribution is 2.38. The molecule has 0 aliphatic rings. The van der Waals surface area contributed by atoms with Crippen LogP contribution in [0.1, 0.15) is 26.5 Å². The third kappa shape index (κ3) is 4.03. The zero-order valence-corrected chi connectivity index (χ0v) is 13.8. The van der Waals surface area contributed by atoms with Crippen molar-refractivity contribution < 1.29 is 23.4 Å². The van der Waals surface area contributed by atoms with Crippen molar-refractivity contribution in [2.24, 2.45) is 0 Å². The number of halogens is 2. The van der Waals surface area contributed by atoms with Crippen LogP contribution in [0.25, 0.3) is 11.1 Å². The molecule has 0 atom stereocenters. The number of carboxylic acids is 1. The summed E-state index contributed by atoms with van der Waals surface area (Å²) in [4.78, 5) is 11.5. The Morgan fingerprint density at radius 2 is 1.76 bits per heavy atom. The molecule has 1 heterocycles. The molecule has 0 saturated carbocycles. The van der Waals surface area contributed by atoms with Crippen LogP contribution in [0.3, 0.4) is 0 Å². The van der Waals surface area contributed by atoms with E-state index in [9.17, 15) is 13.6 Å². The molecule has 6 heteroatoms. The van der Waals surface area contributed by atoms with Crippen LogP contribution in [0.5, 0.6) is 5.75 Å². The monoisotopic (exact) mass is 360 g/mol. The first-order chi connectivity index (χ1) is 12.0. The maximum atomic E-state index is 13.3. The molecule has 0 radical (unpaired) electrons. The van der Waals surface area contributed by atoms with Gasteiger partial charge in [0.2, 0.25) is 0 Å². The molecule has 2 aromatic carbocycles. The second-order valence-electron chi connectivity index (χ2n) is 5.28. The summed E-state index contributed by atoms with van der Waals surface area (Å²) in [7, 11) is 0. The van der Waals surface area contributed by atoms with Crippen molar-refractivity contribution in [1.82, 2.24) is 0 Å². The van der Waals surface area contributed by atoms with Gasteiger partial charge < -0.3 is 9.84 Å². The predicted octanol–water partition coefficient (Wildman–Crippen LogP) is 5.63. The summed E-state index contributed by atoms with van der Waals surface area (Å²) in [6, 6.07) is 16.7. The summed E-state index contributed by atoms with van der Waals surface area (Å²) in [5.74, 6) is -0.530. The number of thiophene rings is 1. The summed E-state index contributed by atoms with van der Waals surface area (Å²) in [6.07, 6.45) is -2.55. The Morgan fingerprint density at radius 1 is 1.08 bits per heavy atom. The minimum Gasteiger partial charge on any atom is -0.488 e. The molecule has 0 aliphatic heterocycles. The minimum absolute atomic E-state index is 0.0195. The summed E-state index contributed by atoms with van der Waals surface area (Å²) >= 11 is 1.02. The van der Waals surface area contributed by atoms with Gasteiger partial charge in [0.1, 0.15) is 12.4 Å². The van der Waals surface area contributed by atoms with Crippen LogP contribution in [0.2, 0.25) is 0 Å². The molecule has 0 fully saturated rings. The maximum Gasteiger partial charge on any atom is 0.335 e. The van der Waals surface area contributed by atoms with E-state index >= 15 is 0 Å². The quantitative estimate of drug-likeness (QED) is 0.620. The first kappa shape index (κ1) is 17.1. The summed E-state index contributed by atoms with van der Waals surface area (Å²) in [5, 5.41) is 8.87. The Hall–Kier alpha value is -2.73. The third-order valence-electron chi connectivity index (χ3n) is 3.58. The molecule has 3 aromatic rings. The Labute approximate surface area is 147 Å². The molecule has 3 nitrogen and oxygen atoms in total. The van der Waals surface area contributed by atoms with Gasteiger partial charge in [-0.25, -0.2) is 13.6 Å². The van der Waals surface area contributed by atoms with Crippen molar-refractivity contribution in [2.45, 2.75) is 13.0 Å². The molecule has 0 amide bonds. The molecule has 1 N–H and O–H groups in total. The lowest BCUT2D eigenvalue weighted by atomic mass is 10.1. The van der Waals surface area contributed by atoms with Crippen LogP contribution < -0.4 is 4.74 Å². The number of carboxylic acid groups (broad SMARTS) is 1. The molecule has 0 bridgehead atoms. The zero-order chi connectivity index (χ0) is 17.8. The van der Waals surface area contributed by atoms with Gasteiger partial charge >= 0.3 is 5.97 Å². The lowest BCUT2D eigenvalue weighted by molar-refractivity contribution is 0.0697. The van der Waals surface area contributed by atoms with Gasteiger partial charge in [0, 0.05) is 10.4 Å². The first-order valence-electron chi connectivity index (χ1n) is 7.47. The van der Waals surface area contributed by atoms with E-state index in [-0.39, 0.29) is 17.0 Å². The Balaban J connectivity index is 1.78. The molecule has 1 aromatic heterocycles. The highest BCUT2D eigenvalue weighted by Gasteiger charge is 2.19. The highest BCUT2D eigenvalue weighted by molar-refractivity contribution is 7.12. The fourth-order valence-corrected chi connectivity index (χ4v) is 3.34. The standard InChI is InChI=1S/C19H14F2O3S/c20-18(21)17-16(12-4-2-1-3-5-12)10-15(25-17)11-24-14-8-6-13(7-9-14)19(22)23/h1-10,18H,11H2,(H,22,23). The van der Waals surface area contributed by atoms with Gasteiger partial charge in [0.15, 0.2) is 0 Å². The Bertz CT molecular complexity index is 858. The van der Waals surface area contributed by atoms with Crippen LogP contribution >= 0.6 is 11.3 Å². The molecule has 25 heavy (non-hydrogen) atoms. The highest BCUT2D eigenvalue weighted by atomic mass is 32.1. The lowest BCUT2D eigenvalue weighted by Gasteiger charge is -2.04. The van der Waals surface area contributed by atoms with Crippen molar-refractivity contribution >= 4 is 17.3 Å². The average molecular weight is 360 g/mol. The zero-order valence-electron chi connectivity index (χ0n) is 13.0. The first-order valence-corrected chi connectivity index (χ1v) is 8.28. The Morgan fingerprint density at radius 3 is 2.36 bits per heavy atom. The smallest absolute Gasteiger partial charge is 0.335 e. The molecular formula is C19H14F2O3S. The fourth-order valence-electron chi connectivity index (χ4n) is 2.38. The topological polar surface area (TPSA) is 46.5 Å². The van der Waals surface area contributed by atoms with Gasteiger partial charge in [-0.3, -0.25) is 0 Å². The van der Waals surface area contributed by atoms with E-state index < -0.39 is 12.4 Å². The number of aromatic carboxylic acids is 1. The minimum atomic E-state index is -2.55. The Kier molecular flexibility index (Phi) is 5.09. The number of hydrogen-bond donors (Lipinski definition) is 1. The van der Waals surface area contributed by atoms with E-state index in [1.54, 1.807) is 30.3 Å².